The van der Waals surface area contributed by atoms with Crippen molar-refractivity contribution < 1.29 is 0 Å². The van der Waals surface area contributed by atoms with Crippen LogP contribution in [0, 0.1) is 6.92 Å². The number of rotatable bonds is 1. The molecule has 0 nitrogen and oxygen atoms in total. The molecule has 0 saturated carbocycles. The van der Waals surface area contributed by atoms with Gasteiger partial charge in [0.25, 0.3) is 0 Å². The van der Waals surface area contributed by atoms with Crippen molar-refractivity contribution in [3.05, 3.63) is 118 Å². The van der Waals surface area contributed by atoms with Gasteiger partial charge in [-0.2, -0.15) is 0 Å². The lowest BCUT2D eigenvalue weighted by Gasteiger charge is -2.23. The molecule has 2 aliphatic rings. The molecule has 0 fully saturated rings. The molecule has 0 bridgehead atoms. The van der Waals surface area contributed by atoms with E-state index < -0.39 is 0 Å². The number of aryl methyl sites for hydroxylation is 1. The SMILES string of the molecule is Cc1ccc2c(c1)-c1cc3c(cc1C2c1ccccc1)C(C)(C)c1ccccc1-3. The molecule has 0 aromatic heterocycles. The largest absolute Gasteiger partial charge is 0.0622 e. The second kappa shape index (κ2) is 5.70. The summed E-state index contributed by atoms with van der Waals surface area (Å²) >= 11 is 0. The van der Waals surface area contributed by atoms with Crippen molar-refractivity contribution in [2.24, 2.45) is 0 Å². The van der Waals surface area contributed by atoms with Crippen molar-refractivity contribution in [1.29, 1.82) is 0 Å². The summed E-state index contributed by atoms with van der Waals surface area (Å²) in [6.07, 6.45) is 0. The van der Waals surface area contributed by atoms with Crippen molar-refractivity contribution in [3.8, 4) is 22.3 Å². The van der Waals surface area contributed by atoms with E-state index in [0.29, 0.717) is 5.92 Å². The van der Waals surface area contributed by atoms with Gasteiger partial charge in [-0.1, -0.05) is 98.3 Å². The van der Waals surface area contributed by atoms with Crippen LogP contribution >= 0.6 is 0 Å². The van der Waals surface area contributed by atoms with Crippen LogP contribution in [0.5, 0.6) is 0 Å². The fourth-order valence-electron chi connectivity index (χ4n) is 5.56. The molecule has 1 unspecified atom stereocenters. The van der Waals surface area contributed by atoms with Gasteiger partial charge in [0.15, 0.2) is 0 Å². The number of fused-ring (bicyclic) bond motifs is 6. The molecule has 140 valence electrons. The maximum atomic E-state index is 2.51. The standard InChI is InChI=1S/C29H24/c1-18-13-14-21-22(15-18)23-16-24-20-11-7-8-12-26(20)29(2,3)27(24)17-25(23)28(21)19-9-5-4-6-10-19/h4-17,28H,1-3H3. The van der Waals surface area contributed by atoms with Crippen LogP contribution in [0.25, 0.3) is 22.3 Å². The van der Waals surface area contributed by atoms with E-state index in [9.17, 15) is 0 Å². The zero-order valence-electron chi connectivity index (χ0n) is 17.2. The van der Waals surface area contributed by atoms with E-state index in [1.54, 1.807) is 0 Å². The highest BCUT2D eigenvalue weighted by Crippen LogP contribution is 2.55. The normalized spacial score (nSPS) is 17.4. The number of hydrogen-bond acceptors (Lipinski definition) is 0. The average molecular weight is 373 g/mol. The van der Waals surface area contributed by atoms with E-state index in [0.717, 1.165) is 0 Å². The Morgan fingerprint density at radius 1 is 0.586 bits per heavy atom. The lowest BCUT2D eigenvalue weighted by molar-refractivity contribution is 0.659. The van der Waals surface area contributed by atoms with Gasteiger partial charge in [0, 0.05) is 11.3 Å². The molecule has 1 atom stereocenters. The smallest absolute Gasteiger partial charge is 0.0352 e. The van der Waals surface area contributed by atoms with Crippen LogP contribution in [0.4, 0.5) is 0 Å². The van der Waals surface area contributed by atoms with E-state index in [-0.39, 0.29) is 5.41 Å². The summed E-state index contributed by atoms with van der Waals surface area (Å²) in [6.45, 7) is 6.93. The highest BCUT2D eigenvalue weighted by molar-refractivity contribution is 5.90. The molecule has 0 radical (unpaired) electrons. The summed E-state index contributed by atoms with van der Waals surface area (Å²) < 4.78 is 0. The molecule has 0 heterocycles. The second-order valence-electron chi connectivity index (χ2n) is 9.09. The van der Waals surface area contributed by atoms with Crippen LogP contribution < -0.4 is 0 Å². The first-order valence-corrected chi connectivity index (χ1v) is 10.5. The lowest BCUT2D eigenvalue weighted by Crippen LogP contribution is -2.15. The Labute approximate surface area is 172 Å². The molecule has 2 aliphatic carbocycles. The topological polar surface area (TPSA) is 0 Å². The van der Waals surface area contributed by atoms with Gasteiger partial charge in [0.05, 0.1) is 0 Å². The van der Waals surface area contributed by atoms with E-state index >= 15 is 0 Å². The summed E-state index contributed by atoms with van der Waals surface area (Å²) in [5.74, 6) is 0.312. The maximum Gasteiger partial charge on any atom is 0.0352 e. The lowest BCUT2D eigenvalue weighted by atomic mass is 9.80. The minimum atomic E-state index is 0.0346. The zero-order valence-corrected chi connectivity index (χ0v) is 17.2. The molecule has 6 rings (SSSR count). The molecule has 0 spiro atoms. The Morgan fingerprint density at radius 3 is 2.14 bits per heavy atom. The number of hydrogen-bond donors (Lipinski definition) is 0. The van der Waals surface area contributed by atoms with Gasteiger partial charge < -0.3 is 0 Å². The predicted octanol–water partition coefficient (Wildman–Crippen LogP) is 7.46. The third-order valence-corrected chi connectivity index (χ3v) is 7.01. The average Bonchev–Trinajstić information content (AvgIpc) is 3.17. The first kappa shape index (κ1) is 16.8. The van der Waals surface area contributed by atoms with Gasteiger partial charge in [0.1, 0.15) is 0 Å². The van der Waals surface area contributed by atoms with Crippen LogP contribution in [0.1, 0.15) is 53.1 Å². The first-order valence-electron chi connectivity index (χ1n) is 10.5. The molecule has 0 heteroatoms. The van der Waals surface area contributed by atoms with Crippen LogP contribution in [-0.4, -0.2) is 0 Å². The molecular formula is C29H24. The van der Waals surface area contributed by atoms with Crippen LogP contribution in [0.2, 0.25) is 0 Å². The highest BCUT2D eigenvalue weighted by Gasteiger charge is 2.39. The Kier molecular flexibility index (Phi) is 3.30. The second-order valence-corrected chi connectivity index (χ2v) is 9.09. The molecule has 29 heavy (non-hydrogen) atoms. The quantitative estimate of drug-likeness (QED) is 0.286. The first-order chi connectivity index (χ1) is 14.1. The minimum Gasteiger partial charge on any atom is -0.0622 e. The van der Waals surface area contributed by atoms with Gasteiger partial charge >= 0.3 is 0 Å². The van der Waals surface area contributed by atoms with Crippen molar-refractivity contribution in [2.45, 2.75) is 32.1 Å². The fraction of sp³-hybridized carbons (Fsp3) is 0.172. The van der Waals surface area contributed by atoms with E-state index in [1.165, 1.54) is 55.6 Å². The van der Waals surface area contributed by atoms with Gasteiger partial charge in [-0.3, -0.25) is 0 Å². The van der Waals surface area contributed by atoms with Crippen molar-refractivity contribution >= 4 is 0 Å². The summed E-state index contributed by atoms with van der Waals surface area (Å²) in [6, 6.07) is 31.9. The monoisotopic (exact) mass is 372 g/mol. The predicted molar refractivity (Wildman–Crippen MR) is 122 cm³/mol. The van der Waals surface area contributed by atoms with Gasteiger partial charge in [-0.15, -0.1) is 0 Å². The van der Waals surface area contributed by atoms with Crippen LogP contribution in [0.3, 0.4) is 0 Å². The summed E-state index contributed by atoms with van der Waals surface area (Å²) in [5.41, 5.74) is 14.1. The Hall–Kier alpha value is -3.12. The maximum absolute atomic E-state index is 2.51. The summed E-state index contributed by atoms with van der Waals surface area (Å²) in [4.78, 5) is 0. The van der Waals surface area contributed by atoms with E-state index in [4.69, 9.17) is 0 Å². The van der Waals surface area contributed by atoms with Crippen molar-refractivity contribution in [1.82, 2.24) is 0 Å². The Morgan fingerprint density at radius 2 is 1.31 bits per heavy atom. The summed E-state index contributed by atoms with van der Waals surface area (Å²) in [7, 11) is 0. The highest BCUT2D eigenvalue weighted by atomic mass is 14.4. The third kappa shape index (κ3) is 2.20. The molecule has 0 amide bonds. The van der Waals surface area contributed by atoms with E-state index in [2.05, 4.69) is 106 Å². The number of benzene rings is 4. The fourth-order valence-corrected chi connectivity index (χ4v) is 5.56. The molecule has 4 aromatic carbocycles. The van der Waals surface area contributed by atoms with E-state index in [1.807, 2.05) is 0 Å². The third-order valence-electron chi connectivity index (χ3n) is 7.01. The zero-order chi connectivity index (χ0) is 19.8. The van der Waals surface area contributed by atoms with Gasteiger partial charge in [-0.25, -0.2) is 0 Å². The minimum absolute atomic E-state index is 0.0346. The van der Waals surface area contributed by atoms with Crippen molar-refractivity contribution in [2.75, 3.05) is 0 Å². The summed E-state index contributed by atoms with van der Waals surface area (Å²) in [5, 5.41) is 0. The Bertz CT molecular complexity index is 1270. The van der Waals surface area contributed by atoms with Crippen LogP contribution in [-0.2, 0) is 5.41 Å². The van der Waals surface area contributed by atoms with Crippen LogP contribution in [0.15, 0.2) is 84.9 Å². The van der Waals surface area contributed by atoms with Crippen molar-refractivity contribution in [3.63, 3.8) is 0 Å². The molecular weight excluding hydrogens is 348 g/mol. The van der Waals surface area contributed by atoms with Gasteiger partial charge in [-0.05, 0) is 63.1 Å². The Balaban J connectivity index is 1.68. The molecule has 0 aliphatic heterocycles. The molecule has 4 aromatic rings. The van der Waals surface area contributed by atoms with Gasteiger partial charge in [0.2, 0.25) is 0 Å². The molecule has 0 N–H and O–H groups in total. The molecule has 0 saturated heterocycles.